The van der Waals surface area contributed by atoms with Crippen LogP contribution in [0.25, 0.3) is 10.2 Å². The zero-order valence-corrected chi connectivity index (χ0v) is 18.7. The van der Waals surface area contributed by atoms with Crippen LogP contribution in [-0.4, -0.2) is 51.2 Å². The predicted molar refractivity (Wildman–Crippen MR) is 119 cm³/mol. The largest absolute Gasteiger partial charge is 0.486 e. The molecule has 0 bridgehead atoms. The highest BCUT2D eigenvalue weighted by Gasteiger charge is 2.36. The van der Waals surface area contributed by atoms with Crippen LogP contribution in [0.1, 0.15) is 6.42 Å². The van der Waals surface area contributed by atoms with E-state index in [1.807, 2.05) is 0 Å². The Kier molecular flexibility index (Phi) is 5.01. The van der Waals surface area contributed by atoms with Gasteiger partial charge in [0, 0.05) is 31.0 Å². The summed E-state index contributed by atoms with van der Waals surface area (Å²) in [5, 5.41) is 3.13. The highest BCUT2D eigenvalue weighted by molar-refractivity contribution is 7.90. The molecular weight excluding hydrogens is 454 g/mol. The number of aromatic nitrogens is 1. The lowest BCUT2D eigenvalue weighted by atomic mass is 10.1. The van der Waals surface area contributed by atoms with Gasteiger partial charge in [0.1, 0.15) is 13.2 Å². The van der Waals surface area contributed by atoms with Gasteiger partial charge in [0.15, 0.2) is 26.5 Å². The van der Waals surface area contributed by atoms with Crippen LogP contribution in [-0.2, 0) is 19.4 Å². The maximum absolute atomic E-state index is 12.8. The summed E-state index contributed by atoms with van der Waals surface area (Å²) in [4.78, 5) is 31.5. The van der Waals surface area contributed by atoms with Crippen LogP contribution in [0.3, 0.4) is 0 Å². The molecule has 5 rings (SSSR count). The minimum atomic E-state index is -3.33. The summed E-state index contributed by atoms with van der Waals surface area (Å²) in [7, 11) is -3.33. The molecule has 166 valence electrons. The zero-order valence-electron chi connectivity index (χ0n) is 17.0. The van der Waals surface area contributed by atoms with Crippen molar-refractivity contribution in [2.24, 2.45) is 5.92 Å². The lowest BCUT2D eigenvalue weighted by Crippen LogP contribution is -2.28. The molecule has 2 aromatic carbocycles. The first-order valence-corrected chi connectivity index (χ1v) is 12.6. The summed E-state index contributed by atoms with van der Waals surface area (Å²) in [5.41, 5.74) is 1.25. The molecule has 1 atom stereocenters. The number of sulfone groups is 1. The second-order valence-electron chi connectivity index (χ2n) is 7.64. The molecule has 1 aromatic heterocycles. The smallest absolute Gasteiger partial charge is 0.231 e. The second kappa shape index (κ2) is 7.75. The van der Waals surface area contributed by atoms with E-state index < -0.39 is 15.8 Å². The molecule has 0 aliphatic carbocycles. The van der Waals surface area contributed by atoms with E-state index in [9.17, 15) is 18.0 Å². The number of anilines is 2. The molecule has 32 heavy (non-hydrogen) atoms. The number of nitrogens with one attached hydrogen (secondary N) is 1. The zero-order chi connectivity index (χ0) is 22.5. The van der Waals surface area contributed by atoms with E-state index in [1.54, 1.807) is 35.2 Å². The van der Waals surface area contributed by atoms with Crippen LogP contribution < -0.4 is 19.7 Å². The minimum Gasteiger partial charge on any atom is -0.486 e. The number of amides is 2. The SMILES string of the molecule is CS(=O)(=O)c1ccc2nc(NC(=O)[C@H]3CC(=O)N(c4ccc5c(c4)OCCO5)C3)sc2c1. The van der Waals surface area contributed by atoms with Crippen molar-refractivity contribution in [1.29, 1.82) is 0 Å². The van der Waals surface area contributed by atoms with Gasteiger partial charge in [0.05, 0.1) is 21.0 Å². The van der Waals surface area contributed by atoms with Crippen LogP contribution in [0.2, 0.25) is 0 Å². The van der Waals surface area contributed by atoms with E-state index in [0.29, 0.717) is 45.7 Å². The third-order valence-corrected chi connectivity index (χ3v) is 7.40. The van der Waals surface area contributed by atoms with Crippen molar-refractivity contribution in [1.82, 2.24) is 4.98 Å². The highest BCUT2D eigenvalue weighted by Crippen LogP contribution is 2.36. The van der Waals surface area contributed by atoms with Crippen molar-refractivity contribution >= 4 is 54.0 Å². The second-order valence-corrected chi connectivity index (χ2v) is 10.7. The summed E-state index contributed by atoms with van der Waals surface area (Å²) < 4.78 is 35.3. The Balaban J connectivity index is 1.31. The molecule has 1 N–H and O–H groups in total. The van der Waals surface area contributed by atoms with Gasteiger partial charge in [-0.1, -0.05) is 11.3 Å². The van der Waals surface area contributed by atoms with Crippen molar-refractivity contribution in [2.45, 2.75) is 11.3 Å². The van der Waals surface area contributed by atoms with Gasteiger partial charge in [-0.15, -0.1) is 0 Å². The van der Waals surface area contributed by atoms with E-state index >= 15 is 0 Å². The van der Waals surface area contributed by atoms with Gasteiger partial charge in [-0.2, -0.15) is 0 Å². The average molecular weight is 474 g/mol. The topological polar surface area (TPSA) is 115 Å². The first-order chi connectivity index (χ1) is 15.3. The van der Waals surface area contributed by atoms with Gasteiger partial charge < -0.3 is 19.7 Å². The van der Waals surface area contributed by atoms with Crippen LogP contribution in [0.5, 0.6) is 11.5 Å². The molecule has 9 nitrogen and oxygen atoms in total. The molecule has 11 heteroatoms. The molecule has 2 aliphatic rings. The number of thiazole rings is 1. The fourth-order valence-corrected chi connectivity index (χ4v) is 5.36. The van der Waals surface area contributed by atoms with Crippen molar-refractivity contribution < 1.29 is 27.5 Å². The lowest BCUT2D eigenvalue weighted by molar-refractivity contribution is -0.122. The minimum absolute atomic E-state index is 0.0867. The Hall–Kier alpha value is -3.18. The Morgan fingerprint density at radius 3 is 2.72 bits per heavy atom. The Morgan fingerprint density at radius 1 is 1.16 bits per heavy atom. The number of fused-ring (bicyclic) bond motifs is 2. The third kappa shape index (κ3) is 3.89. The number of benzene rings is 2. The van der Waals surface area contributed by atoms with Crippen LogP contribution in [0.15, 0.2) is 41.3 Å². The molecule has 2 aliphatic heterocycles. The molecular formula is C21H19N3O6S2. The first-order valence-electron chi connectivity index (χ1n) is 9.89. The number of carbonyl (C=O) groups excluding carboxylic acids is 2. The van der Waals surface area contributed by atoms with E-state index in [4.69, 9.17) is 9.47 Å². The fraction of sp³-hybridized carbons (Fsp3) is 0.286. The maximum Gasteiger partial charge on any atom is 0.231 e. The van der Waals surface area contributed by atoms with Gasteiger partial charge in [0.2, 0.25) is 11.8 Å². The number of hydrogen-bond donors (Lipinski definition) is 1. The predicted octanol–water partition coefficient (Wildman–Crippen LogP) is 2.46. The Bertz CT molecular complexity index is 1350. The molecule has 0 spiro atoms. The molecule has 1 saturated heterocycles. The van der Waals surface area contributed by atoms with Gasteiger partial charge >= 0.3 is 0 Å². The first kappa shape index (κ1) is 20.7. The number of nitrogens with zero attached hydrogens (tertiary/aromatic N) is 2. The average Bonchev–Trinajstić information content (AvgIpc) is 3.35. The van der Waals surface area contributed by atoms with Crippen LogP contribution >= 0.6 is 11.3 Å². The number of ether oxygens (including phenoxy) is 2. The summed E-state index contributed by atoms with van der Waals surface area (Å²) in [6.45, 7) is 1.18. The van der Waals surface area contributed by atoms with E-state index in [2.05, 4.69) is 10.3 Å². The molecule has 0 radical (unpaired) electrons. The standard InChI is InChI=1S/C21H19N3O6S2/c1-32(27,28)14-3-4-15-18(10-14)31-21(22-15)23-20(26)12-8-19(25)24(11-12)13-2-5-16-17(9-13)30-7-6-29-16/h2-5,9-10,12H,6-8,11H2,1H3,(H,22,23,26)/t12-/m0/s1. The monoisotopic (exact) mass is 473 g/mol. The summed E-state index contributed by atoms with van der Waals surface area (Å²) in [6, 6.07) is 9.93. The maximum atomic E-state index is 12.8. The number of hydrogen-bond acceptors (Lipinski definition) is 8. The summed E-state index contributed by atoms with van der Waals surface area (Å²) >= 11 is 1.19. The Labute approximate surface area is 187 Å². The van der Waals surface area contributed by atoms with Crippen LogP contribution in [0.4, 0.5) is 10.8 Å². The van der Waals surface area contributed by atoms with Gasteiger partial charge in [-0.25, -0.2) is 13.4 Å². The molecule has 0 saturated carbocycles. The van der Waals surface area contributed by atoms with Gasteiger partial charge in [-0.05, 0) is 30.3 Å². The molecule has 0 unspecified atom stereocenters. The van der Waals surface area contributed by atoms with E-state index in [1.165, 1.54) is 17.4 Å². The summed E-state index contributed by atoms with van der Waals surface area (Å²) in [6.07, 6.45) is 1.23. The number of carbonyl (C=O) groups is 2. The highest BCUT2D eigenvalue weighted by atomic mass is 32.2. The van der Waals surface area contributed by atoms with E-state index in [0.717, 1.165) is 6.26 Å². The van der Waals surface area contributed by atoms with Crippen molar-refractivity contribution in [2.75, 3.05) is 36.2 Å². The third-order valence-electron chi connectivity index (χ3n) is 5.35. The van der Waals surface area contributed by atoms with Crippen molar-refractivity contribution in [3.05, 3.63) is 36.4 Å². The van der Waals surface area contributed by atoms with E-state index in [-0.39, 0.29) is 29.7 Å². The van der Waals surface area contributed by atoms with Crippen molar-refractivity contribution in [3.8, 4) is 11.5 Å². The molecule has 3 aromatic rings. The van der Waals surface area contributed by atoms with Gasteiger partial charge in [0.25, 0.3) is 0 Å². The molecule has 3 heterocycles. The normalized spacial score (nSPS) is 18.2. The Morgan fingerprint density at radius 2 is 1.94 bits per heavy atom. The fourth-order valence-electron chi connectivity index (χ4n) is 3.73. The van der Waals surface area contributed by atoms with Crippen LogP contribution in [0, 0.1) is 5.92 Å². The molecule has 1 fully saturated rings. The number of rotatable bonds is 4. The molecule has 2 amide bonds. The van der Waals surface area contributed by atoms with Gasteiger partial charge in [-0.3, -0.25) is 9.59 Å². The summed E-state index contributed by atoms with van der Waals surface area (Å²) in [5.74, 6) is 0.229. The van der Waals surface area contributed by atoms with Crippen molar-refractivity contribution in [3.63, 3.8) is 0 Å². The quantitative estimate of drug-likeness (QED) is 0.619. The lowest BCUT2D eigenvalue weighted by Gasteiger charge is -2.22.